The van der Waals surface area contributed by atoms with Crippen LogP contribution in [0.3, 0.4) is 0 Å². The molecular formula is C21H21BrN2O2. The zero-order valence-corrected chi connectivity index (χ0v) is 16.7. The number of aryl methyl sites for hydroxylation is 1. The normalized spacial score (nSPS) is 12.2. The van der Waals surface area contributed by atoms with E-state index in [1.54, 1.807) is 19.2 Å². The van der Waals surface area contributed by atoms with Gasteiger partial charge in [0.1, 0.15) is 0 Å². The van der Waals surface area contributed by atoms with E-state index in [4.69, 9.17) is 0 Å². The number of aromatic nitrogens is 2. The molecule has 1 unspecified atom stereocenters. The molecular weight excluding hydrogens is 392 g/mol. The van der Waals surface area contributed by atoms with E-state index in [9.17, 15) is 9.59 Å². The Morgan fingerprint density at radius 2 is 1.81 bits per heavy atom. The van der Waals surface area contributed by atoms with E-state index in [0.29, 0.717) is 5.56 Å². The van der Waals surface area contributed by atoms with E-state index >= 15 is 0 Å². The number of rotatable bonds is 5. The second-order valence-corrected chi connectivity index (χ2v) is 7.41. The van der Waals surface area contributed by atoms with Gasteiger partial charge in [0.05, 0.1) is 6.04 Å². The van der Waals surface area contributed by atoms with Crippen LogP contribution in [0.4, 0.5) is 0 Å². The Morgan fingerprint density at radius 3 is 2.50 bits per heavy atom. The quantitative estimate of drug-likeness (QED) is 0.578. The van der Waals surface area contributed by atoms with Crippen molar-refractivity contribution in [2.24, 2.45) is 0 Å². The smallest absolute Gasteiger partial charge is 0.251 e. The van der Waals surface area contributed by atoms with Crippen molar-refractivity contribution in [1.29, 1.82) is 0 Å². The average molecular weight is 413 g/mol. The lowest BCUT2D eigenvalue weighted by Gasteiger charge is -2.15. The standard InChI is InChI=1S/C21H21BrN2O2/c1-14-11-19(15(2)23(14)12-17-7-5-4-6-8-17)21(26)16(3)24-13-18(22)9-10-20(24)25/h4-11,13,16H,12H2,1-3H3. The van der Waals surface area contributed by atoms with Gasteiger partial charge < -0.3 is 9.13 Å². The van der Waals surface area contributed by atoms with Crippen LogP contribution in [0.25, 0.3) is 0 Å². The number of hydrogen-bond acceptors (Lipinski definition) is 2. The predicted octanol–water partition coefficient (Wildman–Crippen LogP) is 4.52. The Morgan fingerprint density at radius 1 is 1.12 bits per heavy atom. The Kier molecular flexibility index (Phi) is 5.28. The molecule has 0 bridgehead atoms. The van der Waals surface area contributed by atoms with Gasteiger partial charge >= 0.3 is 0 Å². The van der Waals surface area contributed by atoms with Crippen molar-refractivity contribution in [3.8, 4) is 0 Å². The average Bonchev–Trinajstić information content (AvgIpc) is 2.91. The lowest BCUT2D eigenvalue weighted by Crippen LogP contribution is -2.27. The molecule has 3 aromatic rings. The molecule has 0 saturated heterocycles. The first kappa shape index (κ1) is 18.4. The van der Waals surface area contributed by atoms with Gasteiger partial charge in [-0.1, -0.05) is 30.3 Å². The summed E-state index contributed by atoms with van der Waals surface area (Å²) >= 11 is 3.36. The van der Waals surface area contributed by atoms with Crippen LogP contribution < -0.4 is 5.56 Å². The van der Waals surface area contributed by atoms with E-state index in [1.165, 1.54) is 16.2 Å². The summed E-state index contributed by atoms with van der Waals surface area (Å²) in [7, 11) is 0. The van der Waals surface area contributed by atoms with Gasteiger partial charge in [-0.15, -0.1) is 0 Å². The lowest BCUT2D eigenvalue weighted by molar-refractivity contribution is 0.0932. The third-order valence-corrected chi connectivity index (χ3v) is 5.19. The first-order valence-electron chi connectivity index (χ1n) is 8.51. The first-order chi connectivity index (χ1) is 12.4. The summed E-state index contributed by atoms with van der Waals surface area (Å²) in [5, 5.41) is 0. The molecule has 0 amide bonds. The summed E-state index contributed by atoms with van der Waals surface area (Å²) < 4.78 is 4.38. The fourth-order valence-corrected chi connectivity index (χ4v) is 3.54. The Bertz CT molecular complexity index is 1000. The largest absolute Gasteiger partial charge is 0.344 e. The summed E-state index contributed by atoms with van der Waals surface area (Å²) in [5.41, 5.74) is 3.62. The molecule has 0 aliphatic rings. The highest BCUT2D eigenvalue weighted by Crippen LogP contribution is 2.22. The molecule has 5 heteroatoms. The van der Waals surface area contributed by atoms with Crippen LogP contribution in [-0.4, -0.2) is 14.9 Å². The minimum Gasteiger partial charge on any atom is -0.344 e. The van der Waals surface area contributed by atoms with Crippen LogP contribution in [-0.2, 0) is 6.54 Å². The van der Waals surface area contributed by atoms with Crippen LogP contribution in [0.5, 0.6) is 0 Å². The Balaban J connectivity index is 1.94. The van der Waals surface area contributed by atoms with E-state index < -0.39 is 6.04 Å². The van der Waals surface area contributed by atoms with Crippen molar-refractivity contribution >= 4 is 21.7 Å². The highest BCUT2D eigenvalue weighted by Gasteiger charge is 2.23. The van der Waals surface area contributed by atoms with Crippen molar-refractivity contribution in [3.63, 3.8) is 0 Å². The van der Waals surface area contributed by atoms with Crippen LogP contribution in [0.1, 0.15) is 40.3 Å². The van der Waals surface area contributed by atoms with Gasteiger partial charge in [0.25, 0.3) is 5.56 Å². The predicted molar refractivity (Wildman–Crippen MR) is 107 cm³/mol. The molecule has 4 nitrogen and oxygen atoms in total. The maximum Gasteiger partial charge on any atom is 0.251 e. The molecule has 0 saturated carbocycles. The van der Waals surface area contributed by atoms with Crippen molar-refractivity contribution in [1.82, 2.24) is 9.13 Å². The van der Waals surface area contributed by atoms with Gasteiger partial charge in [-0.3, -0.25) is 9.59 Å². The molecule has 3 rings (SSSR count). The second kappa shape index (κ2) is 7.46. The van der Waals surface area contributed by atoms with Gasteiger partial charge in [-0.05, 0) is 54.4 Å². The fraction of sp³-hybridized carbons (Fsp3) is 0.238. The molecule has 0 N–H and O–H groups in total. The minimum atomic E-state index is -0.564. The zero-order chi connectivity index (χ0) is 18.8. The van der Waals surface area contributed by atoms with Gasteiger partial charge in [-0.25, -0.2) is 0 Å². The van der Waals surface area contributed by atoms with Crippen LogP contribution in [0, 0.1) is 13.8 Å². The maximum atomic E-state index is 13.1. The SMILES string of the molecule is Cc1cc(C(=O)C(C)n2cc(Br)ccc2=O)c(C)n1Cc1ccccc1. The molecule has 0 spiro atoms. The molecule has 134 valence electrons. The molecule has 26 heavy (non-hydrogen) atoms. The summed E-state index contributed by atoms with van der Waals surface area (Å²) in [4.78, 5) is 25.2. The molecule has 1 atom stereocenters. The monoisotopic (exact) mass is 412 g/mol. The van der Waals surface area contributed by atoms with E-state index in [-0.39, 0.29) is 11.3 Å². The molecule has 1 aromatic carbocycles. The lowest BCUT2D eigenvalue weighted by atomic mass is 10.1. The highest BCUT2D eigenvalue weighted by atomic mass is 79.9. The van der Waals surface area contributed by atoms with E-state index in [2.05, 4.69) is 32.6 Å². The van der Waals surface area contributed by atoms with Crippen molar-refractivity contribution in [3.05, 3.63) is 92.1 Å². The van der Waals surface area contributed by atoms with Gasteiger partial charge in [0, 0.05) is 40.2 Å². The number of benzene rings is 1. The topological polar surface area (TPSA) is 44.0 Å². The number of carbonyl (C=O) groups is 1. The number of Topliss-reactive ketones (excluding diaryl/α,β-unsaturated/α-hetero) is 1. The number of halogens is 1. The number of ketones is 1. The van der Waals surface area contributed by atoms with Crippen molar-refractivity contribution in [2.75, 3.05) is 0 Å². The molecule has 0 aliphatic carbocycles. The number of hydrogen-bond donors (Lipinski definition) is 0. The number of nitrogens with zero attached hydrogens (tertiary/aromatic N) is 2. The highest BCUT2D eigenvalue weighted by molar-refractivity contribution is 9.10. The van der Waals surface area contributed by atoms with Crippen molar-refractivity contribution in [2.45, 2.75) is 33.4 Å². The maximum absolute atomic E-state index is 13.1. The summed E-state index contributed by atoms with van der Waals surface area (Å²) in [6.07, 6.45) is 1.66. The molecule has 0 fully saturated rings. The van der Waals surface area contributed by atoms with Gasteiger partial charge in [-0.2, -0.15) is 0 Å². The van der Waals surface area contributed by atoms with E-state index in [1.807, 2.05) is 38.1 Å². The zero-order valence-electron chi connectivity index (χ0n) is 15.1. The molecule has 2 aromatic heterocycles. The Hall–Kier alpha value is -2.40. The molecule has 0 aliphatic heterocycles. The third-order valence-electron chi connectivity index (χ3n) is 4.72. The van der Waals surface area contributed by atoms with Crippen LogP contribution >= 0.6 is 15.9 Å². The summed E-state index contributed by atoms with van der Waals surface area (Å²) in [6.45, 7) is 6.44. The first-order valence-corrected chi connectivity index (χ1v) is 9.30. The summed E-state index contributed by atoms with van der Waals surface area (Å²) in [5.74, 6) is -0.0578. The summed E-state index contributed by atoms with van der Waals surface area (Å²) in [6, 6.07) is 14.7. The number of pyridine rings is 1. The molecule has 0 radical (unpaired) electrons. The van der Waals surface area contributed by atoms with Crippen LogP contribution in [0.2, 0.25) is 0 Å². The number of carbonyl (C=O) groups excluding carboxylic acids is 1. The second-order valence-electron chi connectivity index (χ2n) is 6.49. The third kappa shape index (κ3) is 3.58. The van der Waals surface area contributed by atoms with Gasteiger partial charge in [0.2, 0.25) is 0 Å². The van der Waals surface area contributed by atoms with Gasteiger partial charge in [0.15, 0.2) is 5.78 Å². The molecule has 2 heterocycles. The van der Waals surface area contributed by atoms with E-state index in [0.717, 1.165) is 22.4 Å². The fourth-order valence-electron chi connectivity index (χ4n) is 3.19. The van der Waals surface area contributed by atoms with Crippen molar-refractivity contribution < 1.29 is 4.79 Å². The van der Waals surface area contributed by atoms with Crippen LogP contribution in [0.15, 0.2) is 64.0 Å². The Labute approximate surface area is 161 Å². The minimum absolute atomic E-state index is 0.0578.